The molecule has 98 valence electrons. The first kappa shape index (κ1) is 11.9. The van der Waals surface area contributed by atoms with Crippen molar-refractivity contribution in [2.24, 2.45) is 0 Å². The zero-order valence-corrected chi connectivity index (χ0v) is 11.0. The van der Waals surface area contributed by atoms with Crippen LogP contribution in [0.5, 0.6) is 0 Å². The number of ether oxygens (including phenoxy) is 2. The van der Waals surface area contributed by atoms with Gasteiger partial charge in [-0.3, -0.25) is 0 Å². The van der Waals surface area contributed by atoms with Crippen LogP contribution in [0.25, 0.3) is 0 Å². The third kappa shape index (κ3) is 2.51. The van der Waals surface area contributed by atoms with Gasteiger partial charge in [0.25, 0.3) is 0 Å². The van der Waals surface area contributed by atoms with Crippen LogP contribution in [0.1, 0.15) is 51.9 Å². The van der Waals surface area contributed by atoms with Crippen molar-refractivity contribution in [1.82, 2.24) is 5.32 Å². The van der Waals surface area contributed by atoms with Gasteiger partial charge in [0, 0.05) is 13.1 Å². The second-order valence-electron chi connectivity index (χ2n) is 6.39. The molecular formula is C14H25NO2. The van der Waals surface area contributed by atoms with Crippen molar-refractivity contribution in [3.63, 3.8) is 0 Å². The van der Waals surface area contributed by atoms with Crippen LogP contribution in [0.15, 0.2) is 0 Å². The fraction of sp³-hybridized carbons (Fsp3) is 1.00. The fourth-order valence-electron chi connectivity index (χ4n) is 3.45. The molecule has 1 N–H and O–H groups in total. The Morgan fingerprint density at radius 2 is 1.94 bits per heavy atom. The molecule has 0 radical (unpaired) electrons. The molecular weight excluding hydrogens is 214 g/mol. The molecule has 1 aliphatic carbocycles. The van der Waals surface area contributed by atoms with Gasteiger partial charge < -0.3 is 14.8 Å². The van der Waals surface area contributed by atoms with Gasteiger partial charge in [0.1, 0.15) is 0 Å². The summed E-state index contributed by atoms with van der Waals surface area (Å²) in [7, 11) is 0. The molecule has 3 aliphatic rings. The van der Waals surface area contributed by atoms with E-state index in [1.807, 2.05) is 0 Å². The second-order valence-corrected chi connectivity index (χ2v) is 6.39. The maximum absolute atomic E-state index is 6.31. The first-order chi connectivity index (χ1) is 8.20. The summed E-state index contributed by atoms with van der Waals surface area (Å²) >= 11 is 0. The maximum atomic E-state index is 6.31. The molecule has 2 aliphatic heterocycles. The smallest absolute Gasteiger partial charge is 0.0903 e. The van der Waals surface area contributed by atoms with Crippen LogP contribution in [-0.2, 0) is 9.47 Å². The van der Waals surface area contributed by atoms with Crippen molar-refractivity contribution in [2.75, 3.05) is 19.7 Å². The van der Waals surface area contributed by atoms with E-state index in [9.17, 15) is 0 Å². The van der Waals surface area contributed by atoms with Gasteiger partial charge in [-0.25, -0.2) is 0 Å². The van der Waals surface area contributed by atoms with Gasteiger partial charge in [0.15, 0.2) is 0 Å². The first-order valence-electron chi connectivity index (χ1n) is 7.22. The van der Waals surface area contributed by atoms with E-state index < -0.39 is 0 Å². The average molecular weight is 239 g/mol. The summed E-state index contributed by atoms with van der Waals surface area (Å²) in [6, 6.07) is 0. The van der Waals surface area contributed by atoms with Crippen molar-refractivity contribution >= 4 is 0 Å². The number of hydrogen-bond donors (Lipinski definition) is 1. The van der Waals surface area contributed by atoms with Gasteiger partial charge in [-0.2, -0.15) is 0 Å². The van der Waals surface area contributed by atoms with Gasteiger partial charge in [0.2, 0.25) is 0 Å². The van der Waals surface area contributed by atoms with Gasteiger partial charge in [0.05, 0.1) is 23.9 Å². The molecule has 0 aromatic carbocycles. The van der Waals surface area contributed by atoms with Crippen LogP contribution in [0.3, 0.4) is 0 Å². The summed E-state index contributed by atoms with van der Waals surface area (Å²) in [6.45, 7) is 4.96. The van der Waals surface area contributed by atoms with Gasteiger partial charge >= 0.3 is 0 Å². The zero-order chi connectivity index (χ0) is 11.8. The van der Waals surface area contributed by atoms with Crippen LogP contribution < -0.4 is 5.32 Å². The predicted molar refractivity (Wildman–Crippen MR) is 67.1 cm³/mol. The first-order valence-corrected chi connectivity index (χ1v) is 7.22. The van der Waals surface area contributed by atoms with Crippen molar-refractivity contribution < 1.29 is 9.47 Å². The lowest BCUT2D eigenvalue weighted by atomic mass is 9.83. The van der Waals surface area contributed by atoms with Crippen LogP contribution in [0.4, 0.5) is 0 Å². The fourth-order valence-corrected chi connectivity index (χ4v) is 3.45. The van der Waals surface area contributed by atoms with Gasteiger partial charge in [-0.05, 0) is 32.6 Å². The van der Waals surface area contributed by atoms with Crippen molar-refractivity contribution in [3.05, 3.63) is 0 Å². The minimum absolute atomic E-state index is 0.0751. The molecule has 3 rings (SSSR count). The van der Waals surface area contributed by atoms with E-state index >= 15 is 0 Å². The van der Waals surface area contributed by atoms with E-state index in [1.165, 1.54) is 44.9 Å². The minimum atomic E-state index is 0.0751. The largest absolute Gasteiger partial charge is 0.370 e. The Morgan fingerprint density at radius 3 is 2.59 bits per heavy atom. The Labute approximate surface area is 104 Å². The van der Waals surface area contributed by atoms with E-state index in [0.717, 1.165) is 19.7 Å². The Morgan fingerprint density at radius 1 is 1.18 bits per heavy atom. The highest BCUT2D eigenvalue weighted by atomic mass is 16.6. The Bertz CT molecular complexity index is 269. The summed E-state index contributed by atoms with van der Waals surface area (Å²) < 4.78 is 12.3. The summed E-state index contributed by atoms with van der Waals surface area (Å²) in [6.07, 6.45) is 9.48. The summed E-state index contributed by atoms with van der Waals surface area (Å²) in [5.74, 6) is 0. The highest BCUT2D eigenvalue weighted by Gasteiger charge is 2.42. The molecule has 2 heterocycles. The summed E-state index contributed by atoms with van der Waals surface area (Å²) in [5, 5.41) is 3.27. The molecule has 0 amide bonds. The Hall–Kier alpha value is -0.120. The lowest BCUT2D eigenvalue weighted by molar-refractivity contribution is -0.132. The Balaban J connectivity index is 1.46. The van der Waals surface area contributed by atoms with Gasteiger partial charge in [-0.1, -0.05) is 19.3 Å². The molecule has 3 nitrogen and oxygen atoms in total. The molecule has 1 unspecified atom stereocenters. The highest BCUT2D eigenvalue weighted by Crippen LogP contribution is 2.42. The van der Waals surface area contributed by atoms with Crippen molar-refractivity contribution in [2.45, 2.75) is 69.2 Å². The van der Waals surface area contributed by atoms with E-state index in [2.05, 4.69) is 12.2 Å². The molecule has 17 heavy (non-hydrogen) atoms. The molecule has 2 saturated heterocycles. The molecule has 3 fully saturated rings. The average Bonchev–Trinajstić information content (AvgIpc) is 2.68. The van der Waals surface area contributed by atoms with Gasteiger partial charge in [-0.15, -0.1) is 0 Å². The lowest BCUT2D eigenvalue weighted by Gasteiger charge is -2.40. The molecule has 0 aromatic rings. The third-order valence-electron chi connectivity index (χ3n) is 4.72. The van der Waals surface area contributed by atoms with E-state index in [0.29, 0.717) is 6.10 Å². The lowest BCUT2D eigenvalue weighted by Crippen LogP contribution is -2.59. The summed E-state index contributed by atoms with van der Waals surface area (Å²) in [4.78, 5) is 0. The second kappa shape index (κ2) is 4.52. The van der Waals surface area contributed by atoms with Crippen LogP contribution in [-0.4, -0.2) is 37.0 Å². The van der Waals surface area contributed by atoms with E-state index in [1.54, 1.807) is 0 Å². The van der Waals surface area contributed by atoms with Crippen LogP contribution >= 0.6 is 0 Å². The van der Waals surface area contributed by atoms with E-state index in [-0.39, 0.29) is 11.2 Å². The molecule has 3 heteroatoms. The van der Waals surface area contributed by atoms with Crippen molar-refractivity contribution in [3.8, 4) is 0 Å². The standard InChI is InChI=1S/C14H25NO2/c1-13(10-15-11-13)16-9-12-5-8-14(17-12)6-3-2-4-7-14/h12,15H,2-11H2,1H3. The summed E-state index contributed by atoms with van der Waals surface area (Å²) in [5.41, 5.74) is 0.316. The van der Waals surface area contributed by atoms with Crippen LogP contribution in [0.2, 0.25) is 0 Å². The van der Waals surface area contributed by atoms with Crippen molar-refractivity contribution in [1.29, 1.82) is 0 Å². The maximum Gasteiger partial charge on any atom is 0.0903 e. The zero-order valence-electron chi connectivity index (χ0n) is 11.0. The number of hydrogen-bond acceptors (Lipinski definition) is 3. The molecule has 1 atom stereocenters. The number of rotatable bonds is 3. The normalized spacial score (nSPS) is 34.8. The minimum Gasteiger partial charge on any atom is -0.370 e. The predicted octanol–water partition coefficient (Wildman–Crippen LogP) is 2.25. The molecule has 1 saturated carbocycles. The van der Waals surface area contributed by atoms with E-state index in [4.69, 9.17) is 9.47 Å². The Kier molecular flexibility index (Phi) is 3.18. The quantitative estimate of drug-likeness (QED) is 0.819. The van der Waals surface area contributed by atoms with Crippen LogP contribution in [0, 0.1) is 0 Å². The number of nitrogens with one attached hydrogen (secondary N) is 1. The third-order valence-corrected chi connectivity index (χ3v) is 4.72. The molecule has 0 bridgehead atoms. The topological polar surface area (TPSA) is 30.5 Å². The SMILES string of the molecule is CC1(OCC2CCC3(CCCCC3)O2)CNC1. The monoisotopic (exact) mass is 239 g/mol. The molecule has 0 aromatic heterocycles. The highest BCUT2D eigenvalue weighted by molar-refractivity contribution is 4.93. The molecule has 1 spiro atoms.